The van der Waals surface area contributed by atoms with Gasteiger partial charge in [0.05, 0.1) is 5.69 Å². The van der Waals surface area contributed by atoms with Crippen molar-refractivity contribution in [2.24, 2.45) is 0 Å². The molecule has 3 rings (SSSR count). The van der Waals surface area contributed by atoms with E-state index in [0.717, 1.165) is 31.7 Å². The molecule has 3 nitrogen and oxygen atoms in total. The van der Waals surface area contributed by atoms with E-state index in [-0.39, 0.29) is 5.82 Å². The van der Waals surface area contributed by atoms with Gasteiger partial charge in [-0.3, -0.25) is 0 Å². The minimum absolute atomic E-state index is 0.220. The smallest absolute Gasteiger partial charge is 0.150 e. The molecule has 1 aliphatic rings. The Balaban J connectivity index is 1.66. The van der Waals surface area contributed by atoms with Crippen LogP contribution in [0.3, 0.4) is 0 Å². The second-order valence-electron chi connectivity index (χ2n) is 5.12. The van der Waals surface area contributed by atoms with E-state index in [1.807, 2.05) is 36.4 Å². The largest absolute Gasteiger partial charge is 0.489 e. The predicted molar refractivity (Wildman–Crippen MR) is 82.3 cm³/mol. The first-order chi connectivity index (χ1) is 10.3. The van der Waals surface area contributed by atoms with Crippen LogP contribution in [-0.2, 0) is 6.61 Å². The van der Waals surface area contributed by atoms with Gasteiger partial charge in [0.15, 0.2) is 0 Å². The highest BCUT2D eigenvalue weighted by molar-refractivity contribution is 5.51. The standard InChI is InChI=1S/C17H19FN2O/c18-16-12-15(21-13-14-4-2-1-3-5-14)6-7-17(16)20-10-8-19-9-11-20/h1-7,12,19H,8-11,13H2. The third kappa shape index (κ3) is 3.52. The number of nitrogens with zero attached hydrogens (tertiary/aromatic N) is 1. The van der Waals surface area contributed by atoms with Crippen molar-refractivity contribution in [2.75, 3.05) is 31.1 Å². The van der Waals surface area contributed by atoms with E-state index in [0.29, 0.717) is 18.0 Å². The molecule has 0 aliphatic carbocycles. The van der Waals surface area contributed by atoms with Gasteiger partial charge in [0.25, 0.3) is 0 Å². The molecule has 0 unspecified atom stereocenters. The van der Waals surface area contributed by atoms with Crippen LogP contribution in [0.15, 0.2) is 48.5 Å². The van der Waals surface area contributed by atoms with Gasteiger partial charge in [-0.25, -0.2) is 4.39 Å². The highest BCUT2D eigenvalue weighted by atomic mass is 19.1. The zero-order valence-electron chi connectivity index (χ0n) is 11.9. The number of hydrogen-bond acceptors (Lipinski definition) is 3. The Morgan fingerprint density at radius 3 is 2.52 bits per heavy atom. The summed E-state index contributed by atoms with van der Waals surface area (Å²) in [5.41, 5.74) is 1.73. The zero-order valence-corrected chi connectivity index (χ0v) is 11.9. The predicted octanol–water partition coefficient (Wildman–Crippen LogP) is 2.81. The number of piperazine rings is 1. The van der Waals surface area contributed by atoms with Crippen molar-refractivity contribution in [3.63, 3.8) is 0 Å². The first kappa shape index (κ1) is 13.9. The summed E-state index contributed by atoms with van der Waals surface area (Å²) in [6.07, 6.45) is 0. The Morgan fingerprint density at radius 1 is 1.05 bits per heavy atom. The lowest BCUT2D eigenvalue weighted by Crippen LogP contribution is -2.43. The van der Waals surface area contributed by atoms with Crippen molar-refractivity contribution in [1.82, 2.24) is 5.32 Å². The van der Waals surface area contributed by atoms with Gasteiger partial charge < -0.3 is 15.0 Å². The van der Waals surface area contributed by atoms with Gasteiger partial charge in [0.1, 0.15) is 18.2 Å². The number of anilines is 1. The van der Waals surface area contributed by atoms with Gasteiger partial charge in [0.2, 0.25) is 0 Å². The van der Waals surface area contributed by atoms with Crippen LogP contribution >= 0.6 is 0 Å². The molecule has 0 aromatic heterocycles. The van der Waals surface area contributed by atoms with Crippen molar-refractivity contribution in [3.8, 4) is 5.75 Å². The molecule has 4 heteroatoms. The fourth-order valence-electron chi connectivity index (χ4n) is 2.48. The maximum atomic E-state index is 14.2. The van der Waals surface area contributed by atoms with Crippen LogP contribution in [0.4, 0.5) is 10.1 Å². The summed E-state index contributed by atoms with van der Waals surface area (Å²) < 4.78 is 19.9. The SMILES string of the molecule is Fc1cc(OCc2ccccc2)ccc1N1CCNCC1. The lowest BCUT2D eigenvalue weighted by molar-refractivity contribution is 0.304. The van der Waals surface area contributed by atoms with Crippen LogP contribution in [0.1, 0.15) is 5.56 Å². The Bertz CT molecular complexity index is 583. The van der Waals surface area contributed by atoms with E-state index >= 15 is 0 Å². The van der Waals surface area contributed by atoms with E-state index in [9.17, 15) is 4.39 Å². The van der Waals surface area contributed by atoms with Gasteiger partial charge in [-0.2, -0.15) is 0 Å². The molecule has 1 N–H and O–H groups in total. The number of hydrogen-bond donors (Lipinski definition) is 1. The molecule has 110 valence electrons. The Kier molecular flexibility index (Phi) is 4.36. The number of halogens is 1. The summed E-state index contributed by atoms with van der Waals surface area (Å²) in [6, 6.07) is 15.0. The van der Waals surface area contributed by atoms with E-state index < -0.39 is 0 Å². The summed E-state index contributed by atoms with van der Waals surface area (Å²) in [6.45, 7) is 3.91. The van der Waals surface area contributed by atoms with Gasteiger partial charge >= 0.3 is 0 Å². The zero-order chi connectivity index (χ0) is 14.5. The van der Waals surface area contributed by atoms with Gasteiger partial charge in [-0.15, -0.1) is 0 Å². The summed E-state index contributed by atoms with van der Waals surface area (Å²) in [7, 11) is 0. The highest BCUT2D eigenvalue weighted by Gasteiger charge is 2.14. The van der Waals surface area contributed by atoms with Gasteiger partial charge in [0, 0.05) is 32.2 Å². The Morgan fingerprint density at radius 2 is 1.81 bits per heavy atom. The maximum absolute atomic E-state index is 14.2. The van der Waals surface area contributed by atoms with Crippen molar-refractivity contribution in [3.05, 3.63) is 59.9 Å². The van der Waals surface area contributed by atoms with E-state index in [4.69, 9.17) is 4.74 Å². The number of nitrogens with one attached hydrogen (secondary N) is 1. The summed E-state index contributed by atoms with van der Waals surface area (Å²) >= 11 is 0. The minimum atomic E-state index is -0.220. The van der Waals surface area contributed by atoms with Crippen LogP contribution < -0.4 is 15.0 Å². The monoisotopic (exact) mass is 286 g/mol. The molecule has 1 fully saturated rings. The second-order valence-corrected chi connectivity index (χ2v) is 5.12. The number of benzene rings is 2. The molecule has 1 aliphatic heterocycles. The van der Waals surface area contributed by atoms with Crippen LogP contribution in [-0.4, -0.2) is 26.2 Å². The first-order valence-electron chi connectivity index (χ1n) is 7.25. The van der Waals surface area contributed by atoms with Crippen molar-refractivity contribution < 1.29 is 9.13 Å². The molecule has 1 saturated heterocycles. The lowest BCUT2D eigenvalue weighted by atomic mass is 10.2. The minimum Gasteiger partial charge on any atom is -0.489 e. The fourth-order valence-corrected chi connectivity index (χ4v) is 2.48. The molecule has 0 saturated carbocycles. The fraction of sp³-hybridized carbons (Fsp3) is 0.294. The van der Waals surface area contributed by atoms with Crippen LogP contribution in [0.5, 0.6) is 5.75 Å². The molecule has 2 aromatic carbocycles. The molecule has 0 amide bonds. The molecule has 0 radical (unpaired) electrons. The van der Waals surface area contributed by atoms with Crippen molar-refractivity contribution >= 4 is 5.69 Å². The number of ether oxygens (including phenoxy) is 1. The van der Waals surface area contributed by atoms with E-state index in [2.05, 4.69) is 10.2 Å². The molecule has 1 heterocycles. The first-order valence-corrected chi connectivity index (χ1v) is 7.25. The van der Waals surface area contributed by atoms with Gasteiger partial charge in [-0.1, -0.05) is 30.3 Å². The molecule has 2 aromatic rings. The van der Waals surface area contributed by atoms with Crippen LogP contribution in [0.2, 0.25) is 0 Å². The molecular weight excluding hydrogens is 267 g/mol. The molecule has 0 atom stereocenters. The molecule has 21 heavy (non-hydrogen) atoms. The summed E-state index contributed by atoms with van der Waals surface area (Å²) in [5.74, 6) is 0.345. The third-order valence-corrected chi connectivity index (χ3v) is 3.63. The average Bonchev–Trinajstić information content (AvgIpc) is 2.55. The number of rotatable bonds is 4. The Hall–Kier alpha value is -2.07. The third-order valence-electron chi connectivity index (χ3n) is 3.63. The van der Waals surface area contributed by atoms with Crippen LogP contribution in [0.25, 0.3) is 0 Å². The normalized spacial score (nSPS) is 15.0. The van der Waals surface area contributed by atoms with Crippen molar-refractivity contribution in [2.45, 2.75) is 6.61 Å². The average molecular weight is 286 g/mol. The van der Waals surface area contributed by atoms with E-state index in [1.54, 1.807) is 6.07 Å². The van der Waals surface area contributed by atoms with Crippen molar-refractivity contribution in [1.29, 1.82) is 0 Å². The lowest BCUT2D eigenvalue weighted by Gasteiger charge is -2.29. The topological polar surface area (TPSA) is 24.5 Å². The second kappa shape index (κ2) is 6.59. The van der Waals surface area contributed by atoms with E-state index in [1.165, 1.54) is 6.07 Å². The molecule has 0 bridgehead atoms. The molecule has 0 spiro atoms. The van der Waals surface area contributed by atoms with Crippen LogP contribution in [0, 0.1) is 5.82 Å². The molecular formula is C17H19FN2O. The quantitative estimate of drug-likeness (QED) is 0.935. The Labute approximate surface area is 124 Å². The maximum Gasteiger partial charge on any atom is 0.150 e. The summed E-state index contributed by atoms with van der Waals surface area (Å²) in [4.78, 5) is 2.06. The summed E-state index contributed by atoms with van der Waals surface area (Å²) in [5, 5.41) is 3.26. The highest BCUT2D eigenvalue weighted by Crippen LogP contribution is 2.25. The van der Waals surface area contributed by atoms with Gasteiger partial charge in [-0.05, 0) is 17.7 Å².